The number of nitrogens with zero attached hydrogens (tertiary/aromatic N) is 1. The third kappa shape index (κ3) is 5.46. The van der Waals surface area contributed by atoms with Gasteiger partial charge in [0.05, 0.1) is 5.60 Å². The first kappa shape index (κ1) is 25.9. The van der Waals surface area contributed by atoms with E-state index >= 15 is 0 Å². The minimum atomic E-state index is -0.550. The van der Waals surface area contributed by atoms with E-state index in [4.69, 9.17) is 11.6 Å². The maximum atomic E-state index is 13.1. The highest BCUT2D eigenvalue weighted by atomic mass is 35.5. The standard InChI is InChI=1S/C32H37ClN2O2/c1-3-13-31(37)14-15-32(19-23-7-5-4-6-8-23)27(20-31)11-9-25-18-26(10-12-28(25)32)30(36)34-21-24-16-22(2)35-29(33)17-24/h4-8,10,12,16-18,27,37H,3,9,11,13-15,19-21H2,1-2H3,(H,34,36)/t27-,31-,32+/m1/s1. The van der Waals surface area contributed by atoms with Gasteiger partial charge in [0, 0.05) is 23.2 Å². The van der Waals surface area contributed by atoms with Crippen molar-refractivity contribution in [2.75, 3.05) is 0 Å². The van der Waals surface area contributed by atoms with Crippen molar-refractivity contribution < 1.29 is 9.90 Å². The zero-order valence-electron chi connectivity index (χ0n) is 21.9. The maximum Gasteiger partial charge on any atom is 0.251 e. The van der Waals surface area contributed by atoms with Gasteiger partial charge in [0.25, 0.3) is 5.91 Å². The van der Waals surface area contributed by atoms with Crippen molar-refractivity contribution in [3.8, 4) is 0 Å². The number of carbonyl (C=O) groups is 1. The Bertz CT molecular complexity index is 1260. The van der Waals surface area contributed by atoms with E-state index in [0.29, 0.717) is 23.2 Å². The van der Waals surface area contributed by atoms with Crippen molar-refractivity contribution in [3.05, 3.63) is 99.3 Å². The van der Waals surface area contributed by atoms with Crippen LogP contribution in [0.15, 0.2) is 60.7 Å². The van der Waals surface area contributed by atoms with E-state index in [0.717, 1.165) is 62.6 Å². The summed E-state index contributed by atoms with van der Waals surface area (Å²) in [4.78, 5) is 17.3. The molecule has 1 fully saturated rings. The Labute approximate surface area is 225 Å². The largest absolute Gasteiger partial charge is 0.390 e. The first-order chi connectivity index (χ1) is 17.8. The number of pyridine rings is 1. The van der Waals surface area contributed by atoms with Crippen LogP contribution in [0.3, 0.4) is 0 Å². The molecule has 2 aliphatic carbocycles. The fraction of sp³-hybridized carbons (Fsp3) is 0.438. The fourth-order valence-corrected chi connectivity index (χ4v) is 7.24. The van der Waals surface area contributed by atoms with Crippen LogP contribution >= 0.6 is 11.6 Å². The molecule has 0 bridgehead atoms. The summed E-state index contributed by atoms with van der Waals surface area (Å²) in [5, 5.41) is 14.9. The molecule has 5 rings (SSSR count). The topological polar surface area (TPSA) is 62.2 Å². The predicted octanol–water partition coefficient (Wildman–Crippen LogP) is 6.73. The highest BCUT2D eigenvalue weighted by Gasteiger charge is 2.51. The van der Waals surface area contributed by atoms with E-state index in [1.165, 1.54) is 16.7 Å². The van der Waals surface area contributed by atoms with Gasteiger partial charge >= 0.3 is 0 Å². The van der Waals surface area contributed by atoms with E-state index in [-0.39, 0.29) is 11.3 Å². The number of amides is 1. The van der Waals surface area contributed by atoms with Gasteiger partial charge in [-0.15, -0.1) is 0 Å². The van der Waals surface area contributed by atoms with Crippen LogP contribution in [0.2, 0.25) is 5.15 Å². The molecule has 2 aromatic carbocycles. The Morgan fingerprint density at radius 3 is 2.68 bits per heavy atom. The highest BCUT2D eigenvalue weighted by molar-refractivity contribution is 6.29. The molecule has 0 saturated heterocycles. The SMILES string of the molecule is CCC[C@@]1(O)CC[C@@]2(Cc3ccccc3)c3ccc(C(=O)NCc4cc(C)nc(Cl)c4)cc3CC[C@@H]2C1. The highest BCUT2D eigenvalue weighted by Crippen LogP contribution is 2.55. The Hall–Kier alpha value is -2.69. The number of carbonyl (C=O) groups excluding carboxylic acids is 1. The number of hydrogen-bond donors (Lipinski definition) is 2. The van der Waals surface area contributed by atoms with E-state index in [1.54, 1.807) is 6.07 Å². The molecule has 37 heavy (non-hydrogen) atoms. The van der Waals surface area contributed by atoms with Gasteiger partial charge in [-0.1, -0.05) is 61.3 Å². The third-order valence-electron chi connectivity index (χ3n) is 8.62. The second-order valence-electron chi connectivity index (χ2n) is 11.2. The van der Waals surface area contributed by atoms with Gasteiger partial charge in [0.1, 0.15) is 5.15 Å². The summed E-state index contributed by atoms with van der Waals surface area (Å²) in [5.74, 6) is 0.360. The smallest absolute Gasteiger partial charge is 0.251 e. The maximum absolute atomic E-state index is 13.1. The molecule has 1 saturated carbocycles. The first-order valence-electron chi connectivity index (χ1n) is 13.6. The van der Waals surface area contributed by atoms with Crippen LogP contribution in [0.4, 0.5) is 0 Å². The molecule has 4 nitrogen and oxygen atoms in total. The summed E-state index contributed by atoms with van der Waals surface area (Å²) >= 11 is 6.08. The lowest BCUT2D eigenvalue weighted by molar-refractivity contribution is -0.0565. The molecule has 194 valence electrons. The van der Waals surface area contributed by atoms with Crippen LogP contribution in [0, 0.1) is 12.8 Å². The summed E-state index contributed by atoms with van der Waals surface area (Å²) in [6, 6.07) is 20.8. The molecule has 1 amide bonds. The van der Waals surface area contributed by atoms with Crippen molar-refractivity contribution in [1.29, 1.82) is 0 Å². The van der Waals surface area contributed by atoms with Crippen molar-refractivity contribution in [2.45, 2.75) is 82.8 Å². The van der Waals surface area contributed by atoms with Gasteiger partial charge in [-0.05, 0) is 104 Å². The van der Waals surface area contributed by atoms with Crippen LogP contribution in [-0.2, 0) is 24.8 Å². The second kappa shape index (κ2) is 10.6. The second-order valence-corrected chi connectivity index (χ2v) is 11.6. The summed E-state index contributed by atoms with van der Waals surface area (Å²) in [6.07, 6.45) is 7.52. The van der Waals surface area contributed by atoms with E-state index in [9.17, 15) is 9.90 Å². The molecule has 5 heteroatoms. The predicted molar refractivity (Wildman–Crippen MR) is 149 cm³/mol. The zero-order valence-corrected chi connectivity index (χ0v) is 22.7. The minimum absolute atomic E-state index is 0.00473. The van der Waals surface area contributed by atoms with Crippen molar-refractivity contribution in [1.82, 2.24) is 10.3 Å². The monoisotopic (exact) mass is 516 g/mol. The zero-order chi connectivity index (χ0) is 26.0. The fourth-order valence-electron chi connectivity index (χ4n) is 6.97. The molecule has 3 atom stereocenters. The number of halogens is 1. The average molecular weight is 517 g/mol. The van der Waals surface area contributed by atoms with Gasteiger partial charge in [0.15, 0.2) is 0 Å². The lowest BCUT2D eigenvalue weighted by atomic mass is 9.52. The molecule has 3 aromatic rings. The molecule has 1 heterocycles. The van der Waals surface area contributed by atoms with Crippen LogP contribution in [0.25, 0.3) is 0 Å². The van der Waals surface area contributed by atoms with Crippen LogP contribution in [0.5, 0.6) is 0 Å². The van der Waals surface area contributed by atoms with Crippen LogP contribution in [-0.4, -0.2) is 21.6 Å². The quantitative estimate of drug-likeness (QED) is 0.342. The van der Waals surface area contributed by atoms with Crippen LogP contribution < -0.4 is 5.32 Å². The Balaban J connectivity index is 1.42. The van der Waals surface area contributed by atoms with Crippen molar-refractivity contribution in [3.63, 3.8) is 0 Å². The normalized spacial score (nSPS) is 24.7. The number of aryl methyl sites for hydroxylation is 2. The molecule has 0 aliphatic heterocycles. The van der Waals surface area contributed by atoms with Crippen molar-refractivity contribution >= 4 is 17.5 Å². The van der Waals surface area contributed by atoms with Gasteiger partial charge in [-0.25, -0.2) is 4.98 Å². The first-order valence-corrected chi connectivity index (χ1v) is 14.0. The Morgan fingerprint density at radius 1 is 1.11 bits per heavy atom. The third-order valence-corrected chi connectivity index (χ3v) is 8.82. The lowest BCUT2D eigenvalue weighted by Gasteiger charge is -2.53. The number of aromatic nitrogens is 1. The lowest BCUT2D eigenvalue weighted by Crippen LogP contribution is -2.51. The average Bonchev–Trinajstić information content (AvgIpc) is 2.87. The number of aliphatic hydroxyl groups is 1. The van der Waals surface area contributed by atoms with Gasteiger partial charge < -0.3 is 10.4 Å². The summed E-state index contributed by atoms with van der Waals surface area (Å²) in [5.41, 5.74) is 5.91. The number of hydrogen-bond acceptors (Lipinski definition) is 3. The van der Waals surface area contributed by atoms with E-state index < -0.39 is 5.60 Å². The van der Waals surface area contributed by atoms with Gasteiger partial charge in [-0.3, -0.25) is 4.79 Å². The molecule has 0 radical (unpaired) electrons. The van der Waals surface area contributed by atoms with Crippen LogP contribution in [0.1, 0.15) is 83.8 Å². The summed E-state index contributed by atoms with van der Waals surface area (Å²) in [7, 11) is 0. The van der Waals surface area contributed by atoms with Crippen molar-refractivity contribution in [2.24, 2.45) is 5.92 Å². The van der Waals surface area contributed by atoms with E-state index in [1.807, 2.05) is 19.1 Å². The molecule has 2 aliphatic rings. The molecular weight excluding hydrogens is 480 g/mol. The summed E-state index contributed by atoms with van der Waals surface area (Å²) in [6.45, 7) is 4.47. The number of nitrogens with one attached hydrogen (secondary N) is 1. The van der Waals surface area contributed by atoms with Gasteiger partial charge in [0.2, 0.25) is 0 Å². The van der Waals surface area contributed by atoms with E-state index in [2.05, 4.69) is 59.7 Å². The molecule has 0 spiro atoms. The molecule has 1 aromatic heterocycles. The number of fused-ring (bicyclic) bond motifs is 3. The minimum Gasteiger partial charge on any atom is -0.390 e. The number of benzene rings is 2. The molecular formula is C32H37ClN2O2. The van der Waals surface area contributed by atoms with Gasteiger partial charge in [-0.2, -0.15) is 0 Å². The number of rotatable bonds is 7. The molecule has 0 unspecified atom stereocenters. The Kier molecular flexibility index (Phi) is 7.42. The molecule has 2 N–H and O–H groups in total. The summed E-state index contributed by atoms with van der Waals surface area (Å²) < 4.78 is 0. The Morgan fingerprint density at radius 2 is 1.92 bits per heavy atom.